The third-order valence-electron chi connectivity index (χ3n) is 4.90. The van der Waals surface area contributed by atoms with Crippen LogP contribution in [0.4, 0.5) is 0 Å². The fourth-order valence-electron chi connectivity index (χ4n) is 3.33. The number of nitrogens with one attached hydrogen (secondary N) is 2. The number of ether oxygens (including phenoxy) is 2. The summed E-state index contributed by atoms with van der Waals surface area (Å²) >= 11 is 0. The normalized spacial score (nSPS) is 15.8. The highest BCUT2D eigenvalue weighted by Gasteiger charge is 2.13. The number of furan rings is 1. The highest BCUT2D eigenvalue weighted by Crippen LogP contribution is 2.18. The first kappa shape index (κ1) is 20.7. The number of nitrogens with zero attached hydrogens (tertiary/aromatic N) is 1. The van der Waals surface area contributed by atoms with E-state index in [4.69, 9.17) is 13.9 Å². The maximum atomic E-state index is 5.86. The summed E-state index contributed by atoms with van der Waals surface area (Å²) in [7, 11) is 0. The van der Waals surface area contributed by atoms with Crippen molar-refractivity contribution in [2.45, 2.75) is 32.6 Å². The number of rotatable bonds is 10. The number of benzene rings is 1. The fourth-order valence-corrected chi connectivity index (χ4v) is 3.33. The van der Waals surface area contributed by atoms with E-state index in [1.807, 2.05) is 18.2 Å². The van der Waals surface area contributed by atoms with Gasteiger partial charge in [0.25, 0.3) is 0 Å². The third kappa shape index (κ3) is 6.84. The molecule has 0 amide bonds. The second kappa shape index (κ2) is 11.7. The van der Waals surface area contributed by atoms with Crippen LogP contribution in [0.25, 0.3) is 11.0 Å². The average molecular weight is 388 g/mol. The standard InChI is InChI=1S/C22H33N3O3/c1-2-23-22(24-11-5-13-27-17-18-9-14-26-15-10-18)25-12-8-20-16-19-6-3-4-7-21(19)28-20/h3-4,6-7,16,18H,2,5,8-15,17H2,1H3,(H2,23,24,25). The third-order valence-corrected chi connectivity index (χ3v) is 4.90. The SMILES string of the molecule is CCNC(=NCCCOCC1CCOCC1)NCCc1cc2ccccc2o1. The molecule has 1 aromatic carbocycles. The molecule has 2 N–H and O–H groups in total. The van der Waals surface area contributed by atoms with Gasteiger partial charge in [0.05, 0.1) is 0 Å². The monoisotopic (exact) mass is 387 g/mol. The minimum atomic E-state index is 0.662. The van der Waals surface area contributed by atoms with Crippen molar-refractivity contribution in [3.05, 3.63) is 36.1 Å². The second-order valence-corrected chi connectivity index (χ2v) is 7.17. The molecule has 3 rings (SSSR count). The molecule has 0 radical (unpaired) electrons. The van der Waals surface area contributed by atoms with Crippen molar-refractivity contribution in [3.8, 4) is 0 Å². The van der Waals surface area contributed by atoms with Gasteiger partial charge in [0.1, 0.15) is 11.3 Å². The largest absolute Gasteiger partial charge is 0.461 e. The van der Waals surface area contributed by atoms with Crippen LogP contribution in [0.2, 0.25) is 0 Å². The van der Waals surface area contributed by atoms with Crippen LogP contribution in [0.1, 0.15) is 31.9 Å². The van der Waals surface area contributed by atoms with Gasteiger partial charge in [-0.25, -0.2) is 0 Å². The molecule has 1 saturated heterocycles. The molecule has 1 aliphatic rings. The summed E-state index contributed by atoms with van der Waals surface area (Å²) in [4.78, 5) is 4.64. The Morgan fingerprint density at radius 2 is 2.07 bits per heavy atom. The fraction of sp³-hybridized carbons (Fsp3) is 0.591. The van der Waals surface area contributed by atoms with Crippen LogP contribution in [-0.2, 0) is 15.9 Å². The van der Waals surface area contributed by atoms with E-state index in [1.165, 1.54) is 0 Å². The molecule has 1 aliphatic heterocycles. The minimum absolute atomic E-state index is 0.662. The van der Waals surface area contributed by atoms with Gasteiger partial charge in [0, 0.05) is 57.9 Å². The van der Waals surface area contributed by atoms with Crippen LogP contribution in [-0.4, -0.2) is 52.0 Å². The number of guanidine groups is 1. The van der Waals surface area contributed by atoms with Crippen molar-refractivity contribution in [3.63, 3.8) is 0 Å². The molecule has 6 nitrogen and oxygen atoms in total. The van der Waals surface area contributed by atoms with E-state index in [1.54, 1.807) is 0 Å². The van der Waals surface area contributed by atoms with Gasteiger partial charge < -0.3 is 24.5 Å². The zero-order chi connectivity index (χ0) is 19.4. The maximum Gasteiger partial charge on any atom is 0.191 e. The Morgan fingerprint density at radius 1 is 1.21 bits per heavy atom. The Hall–Kier alpha value is -2.05. The molecule has 0 atom stereocenters. The van der Waals surface area contributed by atoms with Crippen LogP contribution in [0.3, 0.4) is 0 Å². The Labute approximate surface area is 167 Å². The Morgan fingerprint density at radius 3 is 2.89 bits per heavy atom. The lowest BCUT2D eigenvalue weighted by molar-refractivity contribution is 0.0205. The average Bonchev–Trinajstić information content (AvgIpc) is 3.14. The molecule has 0 spiro atoms. The zero-order valence-electron chi connectivity index (χ0n) is 16.9. The van der Waals surface area contributed by atoms with Gasteiger partial charge in [-0.05, 0) is 44.2 Å². The van der Waals surface area contributed by atoms with Crippen molar-refractivity contribution in [1.29, 1.82) is 0 Å². The molecule has 6 heteroatoms. The molecule has 0 saturated carbocycles. The van der Waals surface area contributed by atoms with Crippen LogP contribution in [0.5, 0.6) is 0 Å². The summed E-state index contributed by atoms with van der Waals surface area (Å²) in [5.74, 6) is 2.50. The molecule has 0 aliphatic carbocycles. The van der Waals surface area contributed by atoms with E-state index in [0.29, 0.717) is 5.92 Å². The second-order valence-electron chi connectivity index (χ2n) is 7.17. The first-order valence-corrected chi connectivity index (χ1v) is 10.5. The maximum absolute atomic E-state index is 5.86. The summed E-state index contributed by atoms with van der Waals surface area (Å²) in [5.41, 5.74) is 0.943. The van der Waals surface area contributed by atoms with E-state index in [9.17, 15) is 0 Å². The smallest absolute Gasteiger partial charge is 0.191 e. The highest BCUT2D eigenvalue weighted by atomic mass is 16.5. The predicted octanol–water partition coefficient (Wildman–Crippen LogP) is 3.36. The van der Waals surface area contributed by atoms with E-state index in [-0.39, 0.29) is 0 Å². The van der Waals surface area contributed by atoms with Gasteiger partial charge in [-0.1, -0.05) is 18.2 Å². The lowest BCUT2D eigenvalue weighted by atomic mass is 10.0. The van der Waals surface area contributed by atoms with Crippen LogP contribution < -0.4 is 10.6 Å². The van der Waals surface area contributed by atoms with Gasteiger partial charge in [0.2, 0.25) is 0 Å². The Kier molecular flexibility index (Phi) is 8.65. The number of aliphatic imine (C=N–C) groups is 1. The molecule has 0 bridgehead atoms. The molecule has 28 heavy (non-hydrogen) atoms. The lowest BCUT2D eigenvalue weighted by Gasteiger charge is -2.21. The molecule has 0 unspecified atom stereocenters. The van der Waals surface area contributed by atoms with Crippen molar-refractivity contribution < 1.29 is 13.9 Å². The number of hydrogen-bond acceptors (Lipinski definition) is 4. The summed E-state index contributed by atoms with van der Waals surface area (Å²) in [5, 5.41) is 7.82. The predicted molar refractivity (Wildman–Crippen MR) is 113 cm³/mol. The molecule has 1 fully saturated rings. The van der Waals surface area contributed by atoms with E-state index < -0.39 is 0 Å². The molecule has 1 aromatic heterocycles. The Balaban J connectivity index is 1.32. The van der Waals surface area contributed by atoms with Gasteiger partial charge in [0.15, 0.2) is 5.96 Å². The van der Waals surface area contributed by atoms with Gasteiger partial charge >= 0.3 is 0 Å². The molecule has 154 valence electrons. The quantitative estimate of drug-likeness (QED) is 0.372. The van der Waals surface area contributed by atoms with Gasteiger partial charge in [-0.15, -0.1) is 0 Å². The number of hydrogen-bond donors (Lipinski definition) is 2. The van der Waals surface area contributed by atoms with Crippen molar-refractivity contribution in [1.82, 2.24) is 10.6 Å². The number of para-hydroxylation sites is 1. The van der Waals surface area contributed by atoms with Crippen LogP contribution in [0, 0.1) is 5.92 Å². The van der Waals surface area contributed by atoms with Gasteiger partial charge in [-0.2, -0.15) is 0 Å². The first-order chi connectivity index (χ1) is 13.8. The van der Waals surface area contributed by atoms with Gasteiger partial charge in [-0.3, -0.25) is 4.99 Å². The first-order valence-electron chi connectivity index (χ1n) is 10.5. The summed E-state index contributed by atoms with van der Waals surface area (Å²) in [6.45, 7) is 7.83. The minimum Gasteiger partial charge on any atom is -0.461 e. The summed E-state index contributed by atoms with van der Waals surface area (Å²) in [6.07, 6.45) is 4.01. The Bertz CT molecular complexity index is 690. The van der Waals surface area contributed by atoms with Crippen LogP contribution in [0.15, 0.2) is 39.7 Å². The summed E-state index contributed by atoms with van der Waals surface area (Å²) in [6, 6.07) is 10.2. The topological polar surface area (TPSA) is 68.0 Å². The van der Waals surface area contributed by atoms with Crippen molar-refractivity contribution in [2.75, 3.05) is 46.1 Å². The highest BCUT2D eigenvalue weighted by molar-refractivity contribution is 5.80. The van der Waals surface area contributed by atoms with Crippen molar-refractivity contribution >= 4 is 16.9 Å². The molecular weight excluding hydrogens is 354 g/mol. The van der Waals surface area contributed by atoms with E-state index in [2.05, 4.69) is 34.7 Å². The van der Waals surface area contributed by atoms with E-state index >= 15 is 0 Å². The molecular formula is C22H33N3O3. The van der Waals surface area contributed by atoms with Crippen molar-refractivity contribution in [2.24, 2.45) is 10.9 Å². The molecule has 2 aromatic rings. The van der Waals surface area contributed by atoms with Crippen LogP contribution >= 0.6 is 0 Å². The lowest BCUT2D eigenvalue weighted by Crippen LogP contribution is -2.38. The van der Waals surface area contributed by atoms with E-state index in [0.717, 1.165) is 94.4 Å². The summed E-state index contributed by atoms with van der Waals surface area (Å²) < 4.78 is 17.0. The molecule has 2 heterocycles. The number of fused-ring (bicyclic) bond motifs is 1. The zero-order valence-corrected chi connectivity index (χ0v) is 16.9.